The van der Waals surface area contributed by atoms with Crippen LogP contribution in [-0.2, 0) is 6.42 Å². The highest BCUT2D eigenvalue weighted by Gasteiger charge is 2.09. The zero-order valence-electron chi connectivity index (χ0n) is 10.9. The van der Waals surface area contributed by atoms with Crippen LogP contribution in [0.5, 0.6) is 0 Å². The van der Waals surface area contributed by atoms with E-state index < -0.39 is 0 Å². The van der Waals surface area contributed by atoms with E-state index in [0.717, 1.165) is 29.1 Å². The van der Waals surface area contributed by atoms with Crippen LogP contribution in [0.2, 0.25) is 0 Å². The minimum absolute atomic E-state index is 0.397. The fourth-order valence-corrected chi connectivity index (χ4v) is 2.61. The number of nitrogens with one attached hydrogen (secondary N) is 1. The maximum atomic E-state index is 5.37. The average Bonchev–Trinajstić information content (AvgIpc) is 2.28. The Balaban J connectivity index is 2.35. The molecule has 2 aromatic heterocycles. The van der Waals surface area contributed by atoms with Crippen LogP contribution in [0, 0.1) is 11.6 Å². The molecule has 0 spiro atoms. The van der Waals surface area contributed by atoms with Crippen molar-refractivity contribution in [2.45, 2.75) is 33.1 Å². The molecule has 18 heavy (non-hydrogen) atoms. The molecule has 0 saturated carbocycles. The second-order valence-corrected chi connectivity index (χ2v) is 5.11. The Bertz CT molecular complexity index is 588. The van der Waals surface area contributed by atoms with Crippen molar-refractivity contribution >= 4 is 12.2 Å². The molecule has 2 aromatic rings. The monoisotopic (exact) mass is 259 g/mol. The van der Waals surface area contributed by atoms with Crippen LogP contribution >= 0.6 is 12.2 Å². The molecule has 0 atom stereocenters. The summed E-state index contributed by atoms with van der Waals surface area (Å²) in [5, 5.41) is 0. The Morgan fingerprint density at radius 1 is 1.39 bits per heavy atom. The second kappa shape index (κ2) is 5.40. The lowest BCUT2D eigenvalue weighted by molar-refractivity contribution is 0.802. The summed E-state index contributed by atoms with van der Waals surface area (Å²) in [5.41, 5.74) is 3.39. The number of aromatic nitrogens is 3. The van der Waals surface area contributed by atoms with E-state index in [1.165, 1.54) is 0 Å². The molecule has 0 unspecified atom stereocenters. The van der Waals surface area contributed by atoms with Crippen LogP contribution in [0.15, 0.2) is 24.5 Å². The molecule has 0 aliphatic heterocycles. The van der Waals surface area contributed by atoms with Gasteiger partial charge in [-0.2, -0.15) is 0 Å². The number of hydrogen-bond donors (Lipinski definition) is 1. The lowest BCUT2D eigenvalue weighted by atomic mass is 10.0. The Morgan fingerprint density at radius 3 is 2.72 bits per heavy atom. The first-order valence-corrected chi connectivity index (χ1v) is 6.47. The van der Waals surface area contributed by atoms with Crippen molar-refractivity contribution < 1.29 is 0 Å². The molecule has 3 nitrogen and oxygen atoms in total. The van der Waals surface area contributed by atoms with Crippen molar-refractivity contribution in [2.75, 3.05) is 0 Å². The Morgan fingerprint density at radius 2 is 2.17 bits per heavy atom. The molecule has 0 aromatic carbocycles. The molecular formula is C14H17N3S. The standard InChI is InChI=1S/C14H17N3S/c1-9(2)13-10(3)16-12(17-14(13)18)7-11-5-4-6-15-8-11/h4-6,8-9H,7H2,1-3H3,(H,16,17,18). The van der Waals surface area contributed by atoms with Crippen molar-refractivity contribution in [1.29, 1.82) is 0 Å². The van der Waals surface area contributed by atoms with Gasteiger partial charge in [-0.15, -0.1) is 0 Å². The van der Waals surface area contributed by atoms with Gasteiger partial charge in [-0.1, -0.05) is 32.1 Å². The summed E-state index contributed by atoms with van der Waals surface area (Å²) in [7, 11) is 0. The van der Waals surface area contributed by atoms with Gasteiger partial charge in [0.1, 0.15) is 10.5 Å². The highest BCUT2D eigenvalue weighted by molar-refractivity contribution is 7.71. The summed E-state index contributed by atoms with van der Waals surface area (Å²) < 4.78 is 0.708. The third-order valence-electron chi connectivity index (χ3n) is 2.87. The van der Waals surface area contributed by atoms with Crippen molar-refractivity contribution in [3.8, 4) is 0 Å². The molecule has 0 aliphatic carbocycles. The van der Waals surface area contributed by atoms with Crippen molar-refractivity contribution in [2.24, 2.45) is 0 Å². The third kappa shape index (κ3) is 2.82. The van der Waals surface area contributed by atoms with Crippen LogP contribution in [0.25, 0.3) is 0 Å². The zero-order chi connectivity index (χ0) is 13.1. The number of rotatable bonds is 3. The van der Waals surface area contributed by atoms with Gasteiger partial charge in [-0.25, -0.2) is 4.98 Å². The van der Waals surface area contributed by atoms with Gasteiger partial charge in [0.25, 0.3) is 0 Å². The van der Waals surface area contributed by atoms with Crippen LogP contribution in [0.1, 0.15) is 42.4 Å². The first-order valence-electron chi connectivity index (χ1n) is 6.06. The smallest absolute Gasteiger partial charge is 0.133 e. The molecule has 94 valence electrons. The highest BCUT2D eigenvalue weighted by atomic mass is 32.1. The molecule has 4 heteroatoms. The van der Waals surface area contributed by atoms with Crippen molar-refractivity contribution in [3.63, 3.8) is 0 Å². The van der Waals surface area contributed by atoms with E-state index in [9.17, 15) is 0 Å². The second-order valence-electron chi connectivity index (χ2n) is 4.72. The van der Waals surface area contributed by atoms with E-state index in [2.05, 4.69) is 35.7 Å². The molecule has 2 heterocycles. The summed E-state index contributed by atoms with van der Waals surface area (Å²) in [6, 6.07) is 3.97. The lowest BCUT2D eigenvalue weighted by Crippen LogP contribution is -2.05. The fourth-order valence-electron chi connectivity index (χ4n) is 2.11. The van der Waals surface area contributed by atoms with Crippen LogP contribution in [-0.4, -0.2) is 15.0 Å². The van der Waals surface area contributed by atoms with Gasteiger partial charge in [-0.05, 0) is 24.5 Å². The van der Waals surface area contributed by atoms with Crippen LogP contribution < -0.4 is 0 Å². The van der Waals surface area contributed by atoms with E-state index in [0.29, 0.717) is 10.6 Å². The predicted octanol–water partition coefficient (Wildman–Crippen LogP) is 3.56. The fraction of sp³-hybridized carbons (Fsp3) is 0.357. The Kier molecular flexibility index (Phi) is 3.87. The summed E-state index contributed by atoms with van der Waals surface area (Å²) >= 11 is 5.37. The first kappa shape index (κ1) is 12.9. The number of aryl methyl sites for hydroxylation is 1. The Hall–Kier alpha value is -1.55. The van der Waals surface area contributed by atoms with Gasteiger partial charge in [0.2, 0.25) is 0 Å². The predicted molar refractivity (Wildman–Crippen MR) is 75.3 cm³/mol. The Labute approximate surface area is 112 Å². The number of pyridine rings is 1. The zero-order valence-corrected chi connectivity index (χ0v) is 11.7. The topological polar surface area (TPSA) is 41.6 Å². The van der Waals surface area contributed by atoms with Gasteiger partial charge in [-0.3, -0.25) is 4.98 Å². The van der Waals surface area contributed by atoms with E-state index in [-0.39, 0.29) is 0 Å². The molecular weight excluding hydrogens is 242 g/mol. The van der Waals surface area contributed by atoms with E-state index in [1.807, 2.05) is 18.3 Å². The molecule has 0 aliphatic rings. The first-order chi connectivity index (χ1) is 8.58. The van der Waals surface area contributed by atoms with Gasteiger partial charge >= 0.3 is 0 Å². The number of hydrogen-bond acceptors (Lipinski definition) is 3. The molecule has 1 N–H and O–H groups in total. The van der Waals surface area contributed by atoms with Crippen molar-refractivity contribution in [3.05, 3.63) is 51.8 Å². The van der Waals surface area contributed by atoms with Gasteiger partial charge in [0.05, 0.1) is 0 Å². The van der Waals surface area contributed by atoms with E-state index >= 15 is 0 Å². The minimum Gasteiger partial charge on any atom is -0.347 e. The SMILES string of the molecule is Cc1[nH]c(Cc2cccnc2)nc(=S)c1C(C)C. The van der Waals surface area contributed by atoms with Crippen LogP contribution in [0.4, 0.5) is 0 Å². The maximum absolute atomic E-state index is 5.37. The van der Waals surface area contributed by atoms with Crippen LogP contribution in [0.3, 0.4) is 0 Å². The quantitative estimate of drug-likeness (QED) is 0.857. The molecule has 0 radical (unpaired) electrons. The summed E-state index contributed by atoms with van der Waals surface area (Å²) in [4.78, 5) is 11.9. The minimum atomic E-state index is 0.397. The number of nitrogens with zero attached hydrogens (tertiary/aromatic N) is 2. The largest absolute Gasteiger partial charge is 0.347 e. The maximum Gasteiger partial charge on any atom is 0.133 e. The molecule has 0 amide bonds. The third-order valence-corrected chi connectivity index (χ3v) is 3.19. The average molecular weight is 259 g/mol. The van der Waals surface area contributed by atoms with Gasteiger partial charge in [0, 0.05) is 30.1 Å². The summed E-state index contributed by atoms with van der Waals surface area (Å²) in [6.07, 6.45) is 4.35. The van der Waals surface area contributed by atoms with E-state index in [4.69, 9.17) is 12.2 Å². The number of aromatic amines is 1. The molecule has 0 fully saturated rings. The molecule has 0 bridgehead atoms. The summed E-state index contributed by atoms with van der Waals surface area (Å²) in [6.45, 7) is 6.32. The molecule has 2 rings (SSSR count). The summed E-state index contributed by atoms with van der Waals surface area (Å²) in [5.74, 6) is 1.29. The normalized spacial score (nSPS) is 10.9. The lowest BCUT2D eigenvalue weighted by Gasteiger charge is -2.11. The number of H-pyrrole nitrogens is 1. The van der Waals surface area contributed by atoms with Crippen molar-refractivity contribution in [1.82, 2.24) is 15.0 Å². The van der Waals surface area contributed by atoms with E-state index in [1.54, 1.807) is 6.20 Å². The molecule has 0 saturated heterocycles. The van der Waals surface area contributed by atoms with Gasteiger partial charge < -0.3 is 4.98 Å². The van der Waals surface area contributed by atoms with Gasteiger partial charge in [0.15, 0.2) is 0 Å². The highest BCUT2D eigenvalue weighted by Crippen LogP contribution is 2.18.